The van der Waals surface area contributed by atoms with Gasteiger partial charge in [-0.2, -0.15) is 0 Å². The average molecular weight is 305 g/mol. The Morgan fingerprint density at radius 1 is 1.14 bits per heavy atom. The van der Waals surface area contributed by atoms with E-state index in [2.05, 4.69) is 39.5 Å². The van der Waals surface area contributed by atoms with Crippen LogP contribution in [-0.4, -0.2) is 22.6 Å². The van der Waals surface area contributed by atoms with Gasteiger partial charge in [0, 0.05) is 31.5 Å². The van der Waals surface area contributed by atoms with Crippen molar-refractivity contribution in [2.24, 2.45) is 7.05 Å². The maximum absolute atomic E-state index is 5.99. The predicted octanol–water partition coefficient (Wildman–Crippen LogP) is 3.68. The third-order valence-electron chi connectivity index (χ3n) is 4.07. The van der Waals surface area contributed by atoms with E-state index >= 15 is 0 Å². The highest BCUT2D eigenvalue weighted by molar-refractivity contribution is 6.29. The van der Waals surface area contributed by atoms with Crippen LogP contribution < -0.4 is 10.2 Å². The van der Waals surface area contributed by atoms with Crippen LogP contribution in [0, 0.1) is 0 Å². The normalized spacial score (nSPS) is 15.2. The minimum absolute atomic E-state index is 0.659. The van der Waals surface area contributed by atoms with E-state index < -0.39 is 0 Å². The first-order valence-corrected chi connectivity index (χ1v) is 7.87. The number of anilines is 2. The van der Waals surface area contributed by atoms with Crippen molar-refractivity contribution in [3.8, 4) is 0 Å². The molecule has 0 aliphatic carbocycles. The van der Waals surface area contributed by atoms with E-state index in [0.29, 0.717) is 11.7 Å². The van der Waals surface area contributed by atoms with E-state index in [-0.39, 0.29) is 0 Å². The van der Waals surface area contributed by atoms with Crippen molar-refractivity contribution in [2.45, 2.75) is 25.8 Å². The Labute approximate surface area is 130 Å². The largest absolute Gasteiger partial charge is 0.378 e. The van der Waals surface area contributed by atoms with Gasteiger partial charge in [-0.05, 0) is 43.5 Å². The molecule has 0 amide bonds. The van der Waals surface area contributed by atoms with Crippen molar-refractivity contribution in [1.82, 2.24) is 9.55 Å². The van der Waals surface area contributed by atoms with E-state index in [9.17, 15) is 0 Å². The molecule has 5 heteroatoms. The summed E-state index contributed by atoms with van der Waals surface area (Å²) in [7, 11) is 1.92. The highest BCUT2D eigenvalue weighted by Crippen LogP contribution is 2.22. The fourth-order valence-corrected chi connectivity index (χ4v) is 2.86. The third kappa shape index (κ3) is 3.32. The molecule has 3 rings (SSSR count). The molecule has 1 aromatic heterocycles. The van der Waals surface area contributed by atoms with Crippen LogP contribution in [0.3, 0.4) is 0 Å². The molecule has 1 saturated heterocycles. The van der Waals surface area contributed by atoms with Gasteiger partial charge in [-0.15, -0.1) is 0 Å². The van der Waals surface area contributed by atoms with Gasteiger partial charge in [-0.3, -0.25) is 0 Å². The molecule has 21 heavy (non-hydrogen) atoms. The van der Waals surface area contributed by atoms with Gasteiger partial charge < -0.3 is 14.8 Å². The number of piperidine rings is 1. The molecule has 0 bridgehead atoms. The molecule has 1 aliphatic heterocycles. The lowest BCUT2D eigenvalue weighted by molar-refractivity contribution is 0.578. The zero-order valence-electron chi connectivity index (χ0n) is 12.3. The zero-order valence-corrected chi connectivity index (χ0v) is 13.1. The second kappa shape index (κ2) is 6.39. The Hall–Kier alpha value is -1.68. The molecule has 0 atom stereocenters. The van der Waals surface area contributed by atoms with Gasteiger partial charge in [-0.25, -0.2) is 4.98 Å². The Morgan fingerprint density at radius 3 is 2.48 bits per heavy atom. The first-order valence-electron chi connectivity index (χ1n) is 7.49. The summed E-state index contributed by atoms with van der Waals surface area (Å²) in [6, 6.07) is 8.65. The first kappa shape index (κ1) is 14.3. The zero-order chi connectivity index (χ0) is 14.7. The van der Waals surface area contributed by atoms with Gasteiger partial charge in [-0.1, -0.05) is 11.6 Å². The van der Waals surface area contributed by atoms with Crippen LogP contribution in [0.5, 0.6) is 0 Å². The quantitative estimate of drug-likeness (QED) is 0.935. The van der Waals surface area contributed by atoms with E-state index in [1.165, 1.54) is 38.0 Å². The summed E-state index contributed by atoms with van der Waals surface area (Å²) in [5.41, 5.74) is 2.43. The molecule has 0 spiro atoms. The molecule has 4 nitrogen and oxygen atoms in total. The predicted molar refractivity (Wildman–Crippen MR) is 88.1 cm³/mol. The van der Waals surface area contributed by atoms with Crippen LogP contribution in [0.2, 0.25) is 5.15 Å². The number of hydrogen-bond donors (Lipinski definition) is 1. The lowest BCUT2D eigenvalue weighted by Crippen LogP contribution is -2.29. The summed E-state index contributed by atoms with van der Waals surface area (Å²) < 4.78 is 1.89. The lowest BCUT2D eigenvalue weighted by atomic mass is 10.1. The van der Waals surface area contributed by atoms with Crippen molar-refractivity contribution < 1.29 is 0 Å². The van der Waals surface area contributed by atoms with Crippen molar-refractivity contribution >= 4 is 23.0 Å². The topological polar surface area (TPSA) is 33.1 Å². The Kier molecular flexibility index (Phi) is 4.34. The molecule has 1 aromatic carbocycles. The van der Waals surface area contributed by atoms with Crippen molar-refractivity contribution in [1.29, 1.82) is 0 Å². The lowest BCUT2D eigenvalue weighted by Gasteiger charge is -2.28. The van der Waals surface area contributed by atoms with Gasteiger partial charge in [0.05, 0.1) is 12.7 Å². The maximum atomic E-state index is 5.99. The summed E-state index contributed by atoms with van der Waals surface area (Å²) in [5.74, 6) is 0.931. The van der Waals surface area contributed by atoms with E-state index in [4.69, 9.17) is 11.6 Å². The maximum Gasteiger partial charge on any atom is 0.128 e. The number of nitrogens with one attached hydrogen (secondary N) is 1. The van der Waals surface area contributed by atoms with Crippen LogP contribution in [0.1, 0.15) is 25.1 Å². The number of benzene rings is 1. The number of hydrogen-bond acceptors (Lipinski definition) is 3. The number of imidazole rings is 1. The number of aromatic nitrogens is 2. The highest BCUT2D eigenvalue weighted by atomic mass is 35.5. The first-order chi connectivity index (χ1) is 10.2. The fraction of sp³-hybridized carbons (Fsp3) is 0.438. The summed E-state index contributed by atoms with van der Waals surface area (Å²) >= 11 is 5.99. The van der Waals surface area contributed by atoms with Crippen LogP contribution in [0.25, 0.3) is 0 Å². The van der Waals surface area contributed by atoms with E-state index in [1.54, 1.807) is 6.20 Å². The van der Waals surface area contributed by atoms with E-state index in [1.807, 2.05) is 11.6 Å². The van der Waals surface area contributed by atoms with Crippen LogP contribution in [0.15, 0.2) is 30.5 Å². The van der Waals surface area contributed by atoms with Crippen molar-refractivity contribution in [3.63, 3.8) is 0 Å². The molecule has 0 saturated carbocycles. The summed E-state index contributed by atoms with van der Waals surface area (Å²) in [4.78, 5) is 6.75. The molecule has 0 radical (unpaired) electrons. The fourth-order valence-electron chi connectivity index (χ4n) is 2.71. The number of nitrogens with zero attached hydrogens (tertiary/aromatic N) is 3. The summed E-state index contributed by atoms with van der Waals surface area (Å²) in [6.45, 7) is 3.03. The molecule has 2 heterocycles. The monoisotopic (exact) mass is 304 g/mol. The van der Waals surface area contributed by atoms with Gasteiger partial charge in [0.1, 0.15) is 11.0 Å². The highest BCUT2D eigenvalue weighted by Gasteiger charge is 2.10. The molecule has 1 fully saturated rings. The van der Waals surface area contributed by atoms with Gasteiger partial charge in [0.15, 0.2) is 0 Å². The Bertz CT molecular complexity index is 585. The Morgan fingerprint density at radius 2 is 1.86 bits per heavy atom. The smallest absolute Gasteiger partial charge is 0.128 e. The molecule has 1 aliphatic rings. The van der Waals surface area contributed by atoms with Gasteiger partial charge in [0.2, 0.25) is 0 Å². The second-order valence-electron chi connectivity index (χ2n) is 5.50. The number of rotatable bonds is 4. The van der Waals surface area contributed by atoms with Crippen LogP contribution in [-0.2, 0) is 13.6 Å². The average Bonchev–Trinajstić information content (AvgIpc) is 2.86. The van der Waals surface area contributed by atoms with Crippen LogP contribution >= 0.6 is 11.6 Å². The van der Waals surface area contributed by atoms with Gasteiger partial charge in [0.25, 0.3) is 0 Å². The molecule has 112 valence electrons. The summed E-state index contributed by atoms with van der Waals surface area (Å²) in [5, 5.41) is 4.04. The van der Waals surface area contributed by atoms with Gasteiger partial charge >= 0.3 is 0 Å². The molecule has 0 unspecified atom stereocenters. The number of halogens is 1. The SMILES string of the molecule is Cn1c(Cl)cnc1CNc1ccc(N2CCCCC2)cc1. The van der Waals surface area contributed by atoms with Crippen molar-refractivity contribution in [2.75, 3.05) is 23.3 Å². The second-order valence-corrected chi connectivity index (χ2v) is 5.89. The third-order valence-corrected chi connectivity index (χ3v) is 4.42. The molecule has 1 N–H and O–H groups in total. The standard InChI is InChI=1S/C16H21ClN4/c1-20-15(17)11-19-16(20)12-18-13-5-7-14(8-6-13)21-9-3-2-4-10-21/h5-8,11,18H,2-4,9-10,12H2,1H3. The minimum Gasteiger partial charge on any atom is -0.378 e. The molecular formula is C16H21ClN4. The Balaban J connectivity index is 1.60. The van der Waals surface area contributed by atoms with E-state index in [0.717, 1.165) is 11.5 Å². The molecular weight excluding hydrogens is 284 g/mol. The van der Waals surface area contributed by atoms with Crippen molar-refractivity contribution in [3.05, 3.63) is 41.4 Å². The summed E-state index contributed by atoms with van der Waals surface area (Å²) in [6.07, 6.45) is 5.65. The molecule has 2 aromatic rings. The van der Waals surface area contributed by atoms with Crippen LogP contribution in [0.4, 0.5) is 11.4 Å². The minimum atomic E-state index is 0.659.